The van der Waals surface area contributed by atoms with Crippen molar-refractivity contribution in [2.24, 2.45) is 0 Å². The van der Waals surface area contributed by atoms with Crippen molar-refractivity contribution in [1.29, 1.82) is 0 Å². The molecule has 0 bridgehead atoms. The fraction of sp³-hybridized carbons (Fsp3) is 0.310. The summed E-state index contributed by atoms with van der Waals surface area (Å²) in [6.45, 7) is 2.46. The van der Waals surface area contributed by atoms with Gasteiger partial charge >= 0.3 is 6.18 Å². The first-order valence-electron chi connectivity index (χ1n) is 13.1. The molecule has 4 heterocycles. The molecule has 6 rings (SSSR count). The third-order valence-corrected chi connectivity index (χ3v) is 8.71. The Morgan fingerprint density at radius 2 is 1.62 bits per heavy atom. The molecule has 2 atom stereocenters. The zero-order valence-corrected chi connectivity index (χ0v) is 22.0. The van der Waals surface area contributed by atoms with Crippen LogP contribution in [0.2, 0.25) is 0 Å². The molecule has 0 spiro atoms. The van der Waals surface area contributed by atoms with Crippen LogP contribution in [0.5, 0.6) is 0 Å². The number of amides is 1. The van der Waals surface area contributed by atoms with Gasteiger partial charge in [-0.25, -0.2) is 4.68 Å². The van der Waals surface area contributed by atoms with E-state index in [9.17, 15) is 18.0 Å². The van der Waals surface area contributed by atoms with Gasteiger partial charge in [-0.2, -0.15) is 18.3 Å². The second-order valence-electron chi connectivity index (χ2n) is 10.1. The number of carbonyl (C=O) groups excluding carboxylic acids is 1. The Bertz CT molecular complexity index is 1360. The number of aromatic nitrogens is 2. The minimum Gasteiger partial charge on any atom is -0.362 e. The van der Waals surface area contributed by atoms with E-state index in [1.165, 1.54) is 33.6 Å². The van der Waals surface area contributed by atoms with Crippen LogP contribution in [0.4, 0.5) is 19.0 Å². The van der Waals surface area contributed by atoms with E-state index < -0.39 is 18.3 Å². The lowest BCUT2D eigenvalue weighted by molar-refractivity contribution is -0.929. The SMILES string of the molecule is O=C(c1cnn2c1N[C@@H](c1cccs1)C[C@@H]2C(F)(F)F)N1CC[NH+](C(c2ccccc2)c2ccccc2)CC1. The number of thiophene rings is 1. The Labute approximate surface area is 228 Å². The fourth-order valence-corrected chi connectivity index (χ4v) is 6.60. The molecule has 0 aliphatic carbocycles. The Morgan fingerprint density at radius 3 is 2.18 bits per heavy atom. The number of alkyl halides is 3. The molecule has 1 saturated heterocycles. The third-order valence-electron chi connectivity index (χ3n) is 7.72. The molecule has 6 nitrogen and oxygen atoms in total. The molecule has 2 aliphatic heterocycles. The Balaban J connectivity index is 1.22. The lowest BCUT2D eigenvalue weighted by Crippen LogP contribution is -3.15. The number of nitrogens with zero attached hydrogens (tertiary/aromatic N) is 3. The van der Waals surface area contributed by atoms with Gasteiger partial charge in [0.15, 0.2) is 6.04 Å². The molecule has 0 saturated carbocycles. The van der Waals surface area contributed by atoms with Gasteiger partial charge in [0.05, 0.1) is 38.4 Å². The standard InChI is InChI=1S/C29H28F3N5OS/c30-29(31,32)25-18-23(24-12-7-17-39-24)34-27-22(19-33-37(25)27)28(38)36-15-13-35(14-16-36)26(20-8-3-1-4-9-20)21-10-5-2-6-11-21/h1-12,17,19,23,25-26,34H,13-16,18H2/p+1/t23-,25-/m1/s1. The Kier molecular flexibility index (Phi) is 6.90. The number of carbonyl (C=O) groups is 1. The van der Waals surface area contributed by atoms with Crippen molar-refractivity contribution in [2.45, 2.75) is 30.7 Å². The maximum atomic E-state index is 14.0. The maximum absolute atomic E-state index is 14.0. The molecule has 2 aromatic heterocycles. The van der Waals surface area contributed by atoms with Crippen LogP contribution in [-0.4, -0.2) is 52.9 Å². The summed E-state index contributed by atoms with van der Waals surface area (Å²) in [4.78, 5) is 17.5. The van der Waals surface area contributed by atoms with E-state index in [2.05, 4.69) is 34.7 Å². The topological polar surface area (TPSA) is 54.6 Å². The van der Waals surface area contributed by atoms with Gasteiger partial charge in [0, 0.05) is 22.4 Å². The minimum absolute atomic E-state index is 0.134. The summed E-state index contributed by atoms with van der Waals surface area (Å²) in [6.07, 6.45) is -3.36. The highest BCUT2D eigenvalue weighted by molar-refractivity contribution is 7.10. The van der Waals surface area contributed by atoms with Crippen molar-refractivity contribution in [3.8, 4) is 0 Å². The number of quaternary nitrogens is 1. The van der Waals surface area contributed by atoms with Gasteiger partial charge in [0.25, 0.3) is 5.91 Å². The van der Waals surface area contributed by atoms with Crippen molar-refractivity contribution in [1.82, 2.24) is 14.7 Å². The number of anilines is 1. The molecule has 2 aromatic carbocycles. The first kappa shape index (κ1) is 25.6. The summed E-state index contributed by atoms with van der Waals surface area (Å²) in [5.41, 5.74) is 2.62. The van der Waals surface area contributed by atoms with E-state index in [1.807, 2.05) is 53.9 Å². The number of halogens is 3. The molecule has 10 heteroatoms. The quantitative estimate of drug-likeness (QED) is 0.376. The zero-order chi connectivity index (χ0) is 27.0. The number of hydrogen-bond acceptors (Lipinski definition) is 4. The number of nitrogens with one attached hydrogen (secondary N) is 2. The normalized spacial score (nSPS) is 20.1. The highest BCUT2D eigenvalue weighted by atomic mass is 32.1. The molecule has 2 N–H and O–H groups in total. The molecular weight excluding hydrogens is 523 g/mol. The first-order valence-corrected chi connectivity index (χ1v) is 14.0. The summed E-state index contributed by atoms with van der Waals surface area (Å²) < 4.78 is 43.0. The smallest absolute Gasteiger partial charge is 0.362 e. The van der Waals surface area contributed by atoms with Crippen LogP contribution in [0, 0.1) is 0 Å². The van der Waals surface area contributed by atoms with Gasteiger partial charge in [-0.3, -0.25) is 4.79 Å². The van der Waals surface area contributed by atoms with E-state index in [-0.39, 0.29) is 29.8 Å². The van der Waals surface area contributed by atoms with Crippen LogP contribution >= 0.6 is 11.3 Å². The van der Waals surface area contributed by atoms with Gasteiger partial charge < -0.3 is 15.1 Å². The predicted molar refractivity (Wildman–Crippen MR) is 144 cm³/mol. The second kappa shape index (κ2) is 10.5. The number of fused-ring (bicyclic) bond motifs is 1. The largest absolute Gasteiger partial charge is 0.410 e. The third kappa shape index (κ3) is 5.06. The fourth-order valence-electron chi connectivity index (χ4n) is 5.81. The van der Waals surface area contributed by atoms with E-state index in [0.29, 0.717) is 13.1 Å². The van der Waals surface area contributed by atoms with Crippen LogP contribution < -0.4 is 10.2 Å². The number of rotatable bonds is 5. The summed E-state index contributed by atoms with van der Waals surface area (Å²) in [5, 5.41) is 9.09. The van der Waals surface area contributed by atoms with E-state index in [4.69, 9.17) is 0 Å². The van der Waals surface area contributed by atoms with Crippen LogP contribution in [-0.2, 0) is 0 Å². The molecular formula is C29H29F3N5OS+. The Hall–Kier alpha value is -3.63. The van der Waals surface area contributed by atoms with Crippen molar-refractivity contribution < 1.29 is 22.9 Å². The molecule has 0 unspecified atom stereocenters. The summed E-state index contributed by atoms with van der Waals surface area (Å²) in [6, 6.07) is 22.2. The molecule has 202 valence electrons. The van der Waals surface area contributed by atoms with Gasteiger partial charge in [-0.1, -0.05) is 66.7 Å². The summed E-state index contributed by atoms with van der Waals surface area (Å²) in [7, 11) is 0. The number of benzene rings is 2. The van der Waals surface area contributed by atoms with Crippen molar-refractivity contribution in [3.63, 3.8) is 0 Å². The van der Waals surface area contributed by atoms with Gasteiger partial charge in [0.2, 0.25) is 0 Å². The van der Waals surface area contributed by atoms with Crippen LogP contribution in [0.1, 0.15) is 50.9 Å². The average Bonchev–Trinajstić information content (AvgIpc) is 3.64. The van der Waals surface area contributed by atoms with Crippen LogP contribution in [0.3, 0.4) is 0 Å². The van der Waals surface area contributed by atoms with E-state index in [0.717, 1.165) is 22.6 Å². The predicted octanol–water partition coefficient (Wildman–Crippen LogP) is 4.74. The monoisotopic (exact) mass is 552 g/mol. The molecule has 0 radical (unpaired) electrons. The van der Waals surface area contributed by atoms with E-state index >= 15 is 0 Å². The van der Waals surface area contributed by atoms with Crippen LogP contribution in [0.25, 0.3) is 0 Å². The molecule has 1 fully saturated rings. The summed E-state index contributed by atoms with van der Waals surface area (Å²) in [5.74, 6) is -0.139. The van der Waals surface area contributed by atoms with Crippen molar-refractivity contribution >= 4 is 23.1 Å². The highest BCUT2D eigenvalue weighted by Crippen LogP contribution is 2.45. The average molecular weight is 553 g/mol. The van der Waals surface area contributed by atoms with Crippen LogP contribution in [0.15, 0.2) is 84.4 Å². The van der Waals surface area contributed by atoms with Gasteiger partial charge in [-0.15, -0.1) is 11.3 Å². The van der Waals surface area contributed by atoms with Gasteiger partial charge in [-0.05, 0) is 11.4 Å². The number of piperazine rings is 1. The molecule has 2 aliphatic rings. The van der Waals surface area contributed by atoms with Crippen molar-refractivity contribution in [2.75, 3.05) is 31.5 Å². The summed E-state index contributed by atoms with van der Waals surface area (Å²) >= 11 is 1.40. The van der Waals surface area contributed by atoms with Gasteiger partial charge in [0.1, 0.15) is 17.4 Å². The van der Waals surface area contributed by atoms with E-state index in [1.54, 1.807) is 4.90 Å². The molecule has 39 heavy (non-hydrogen) atoms. The number of hydrogen-bond donors (Lipinski definition) is 2. The Morgan fingerprint density at radius 1 is 0.974 bits per heavy atom. The zero-order valence-electron chi connectivity index (χ0n) is 21.1. The minimum atomic E-state index is -4.47. The highest BCUT2D eigenvalue weighted by Gasteiger charge is 2.48. The molecule has 4 aromatic rings. The lowest BCUT2D eigenvalue weighted by Gasteiger charge is -2.37. The second-order valence-corrected chi connectivity index (χ2v) is 11.0. The first-order chi connectivity index (χ1) is 18.9. The lowest BCUT2D eigenvalue weighted by atomic mass is 9.96. The molecule has 1 amide bonds. The maximum Gasteiger partial charge on any atom is 0.410 e. The van der Waals surface area contributed by atoms with Crippen molar-refractivity contribution in [3.05, 3.63) is 106 Å².